The fourth-order valence-electron chi connectivity index (χ4n) is 4.49. The predicted molar refractivity (Wildman–Crippen MR) is 117 cm³/mol. The van der Waals surface area contributed by atoms with E-state index < -0.39 is 0 Å². The van der Waals surface area contributed by atoms with Crippen molar-refractivity contribution in [3.8, 4) is 0 Å². The fourth-order valence-corrected chi connectivity index (χ4v) is 4.49. The van der Waals surface area contributed by atoms with Gasteiger partial charge in [0.15, 0.2) is 0 Å². The average Bonchev–Trinajstić information content (AvgIpc) is 2.72. The minimum absolute atomic E-state index is 0.0357. The largest absolute Gasteiger partial charge is 0.352 e. The minimum Gasteiger partial charge on any atom is -0.352 e. The summed E-state index contributed by atoms with van der Waals surface area (Å²) in [5, 5.41) is 3.35. The van der Waals surface area contributed by atoms with Crippen LogP contribution in [-0.2, 0) is 4.79 Å². The molecule has 0 unspecified atom stereocenters. The first-order valence-corrected chi connectivity index (χ1v) is 11.0. The molecule has 2 fully saturated rings. The smallest absolute Gasteiger partial charge is 0.237 e. The maximum Gasteiger partial charge on any atom is 0.237 e. The molecule has 0 radical (unpaired) electrons. The van der Waals surface area contributed by atoms with Gasteiger partial charge in [-0.3, -0.25) is 14.6 Å². The Morgan fingerprint density at radius 1 is 1.14 bits per heavy atom. The molecule has 1 heterocycles. The van der Waals surface area contributed by atoms with Crippen molar-refractivity contribution in [1.29, 1.82) is 0 Å². The summed E-state index contributed by atoms with van der Waals surface area (Å²) in [4.78, 5) is 17.6. The van der Waals surface area contributed by atoms with E-state index in [-0.39, 0.29) is 11.9 Å². The molecule has 3 rings (SSSR count). The number of piperazine rings is 1. The monoisotopic (exact) mass is 383 g/mol. The van der Waals surface area contributed by atoms with Gasteiger partial charge in [0, 0.05) is 38.8 Å². The molecule has 2 aliphatic rings. The van der Waals surface area contributed by atoms with Gasteiger partial charge in [-0.05, 0) is 30.7 Å². The van der Waals surface area contributed by atoms with Crippen LogP contribution in [0.25, 0.3) is 6.08 Å². The first kappa shape index (κ1) is 21.1. The molecule has 28 heavy (non-hydrogen) atoms. The summed E-state index contributed by atoms with van der Waals surface area (Å²) in [6, 6.07) is 10.8. The van der Waals surface area contributed by atoms with E-state index in [1.54, 1.807) is 0 Å². The van der Waals surface area contributed by atoms with Crippen LogP contribution in [0.1, 0.15) is 45.6 Å². The molecule has 0 bridgehead atoms. The van der Waals surface area contributed by atoms with Crippen molar-refractivity contribution in [2.24, 2.45) is 11.8 Å². The summed E-state index contributed by atoms with van der Waals surface area (Å²) < 4.78 is 0. The van der Waals surface area contributed by atoms with E-state index in [1.807, 2.05) is 6.07 Å². The third-order valence-electron chi connectivity index (χ3n) is 6.84. The van der Waals surface area contributed by atoms with Crippen LogP contribution in [0, 0.1) is 11.8 Å². The Bertz CT molecular complexity index is 637. The maximum atomic E-state index is 12.8. The number of carbonyl (C=O) groups excluding carboxylic acids is 1. The normalized spacial score (nSPS) is 28.3. The van der Waals surface area contributed by atoms with Gasteiger partial charge in [0.1, 0.15) is 0 Å². The van der Waals surface area contributed by atoms with Crippen molar-refractivity contribution in [2.75, 3.05) is 32.7 Å². The number of nitrogens with zero attached hydrogens (tertiary/aromatic N) is 2. The van der Waals surface area contributed by atoms with E-state index >= 15 is 0 Å². The van der Waals surface area contributed by atoms with Crippen LogP contribution < -0.4 is 5.32 Å². The van der Waals surface area contributed by atoms with Crippen molar-refractivity contribution < 1.29 is 4.79 Å². The molecule has 0 spiro atoms. The zero-order chi connectivity index (χ0) is 19.9. The Morgan fingerprint density at radius 2 is 1.86 bits per heavy atom. The van der Waals surface area contributed by atoms with Crippen LogP contribution in [0.2, 0.25) is 0 Å². The number of rotatable bonds is 6. The number of hydrogen-bond acceptors (Lipinski definition) is 3. The molecular weight excluding hydrogens is 346 g/mol. The lowest BCUT2D eigenvalue weighted by Gasteiger charge is -2.39. The van der Waals surface area contributed by atoms with E-state index in [2.05, 4.69) is 72.3 Å². The molecule has 4 atom stereocenters. The summed E-state index contributed by atoms with van der Waals surface area (Å²) in [5.41, 5.74) is 1.25. The molecule has 4 heteroatoms. The molecule has 1 aliphatic heterocycles. The minimum atomic E-state index is -0.0357. The van der Waals surface area contributed by atoms with E-state index in [4.69, 9.17) is 0 Å². The zero-order valence-corrected chi connectivity index (χ0v) is 17.8. The van der Waals surface area contributed by atoms with Crippen LogP contribution in [0.4, 0.5) is 0 Å². The molecular formula is C24H37N3O. The molecule has 1 aliphatic carbocycles. The quantitative estimate of drug-likeness (QED) is 0.814. The number of nitrogens with one attached hydrogen (secondary N) is 1. The molecule has 1 aromatic rings. The molecule has 1 aromatic carbocycles. The first-order valence-electron chi connectivity index (χ1n) is 11.0. The highest BCUT2D eigenvalue weighted by atomic mass is 16.2. The predicted octanol–water partition coefficient (Wildman–Crippen LogP) is 3.65. The summed E-state index contributed by atoms with van der Waals surface area (Å²) in [6.07, 6.45) is 8.09. The Kier molecular flexibility index (Phi) is 7.69. The van der Waals surface area contributed by atoms with E-state index in [9.17, 15) is 4.79 Å². The number of hydrogen-bond donors (Lipinski definition) is 1. The lowest BCUT2D eigenvalue weighted by Crippen LogP contribution is -2.56. The van der Waals surface area contributed by atoms with Crippen molar-refractivity contribution in [3.63, 3.8) is 0 Å². The third kappa shape index (κ3) is 5.68. The molecule has 0 aromatic heterocycles. The zero-order valence-electron chi connectivity index (χ0n) is 17.8. The standard InChI is InChI=1S/C24H37N3O/c1-19-9-7-13-23(20(19)2)25-24(28)21(3)27-17-15-26(16-18-27)14-8-12-22-10-5-4-6-11-22/h4-6,8,10-12,19-21,23H,7,9,13-18H2,1-3H3,(H,25,28)/b12-8+/t19-,20-,21-,23-/m1/s1. The highest BCUT2D eigenvalue weighted by Gasteiger charge is 2.31. The third-order valence-corrected chi connectivity index (χ3v) is 6.84. The van der Waals surface area contributed by atoms with Crippen LogP contribution in [0.3, 0.4) is 0 Å². The second-order valence-electron chi connectivity index (χ2n) is 8.71. The van der Waals surface area contributed by atoms with E-state index in [0.29, 0.717) is 17.9 Å². The summed E-state index contributed by atoms with van der Waals surface area (Å²) >= 11 is 0. The van der Waals surface area contributed by atoms with Crippen LogP contribution in [0.5, 0.6) is 0 Å². The molecule has 1 N–H and O–H groups in total. The van der Waals surface area contributed by atoms with Crippen molar-refractivity contribution in [3.05, 3.63) is 42.0 Å². The Labute approximate surface area is 171 Å². The van der Waals surface area contributed by atoms with Gasteiger partial charge in [0.25, 0.3) is 0 Å². The van der Waals surface area contributed by atoms with Gasteiger partial charge in [-0.1, -0.05) is 69.2 Å². The Morgan fingerprint density at radius 3 is 2.57 bits per heavy atom. The summed E-state index contributed by atoms with van der Waals surface area (Å²) in [5.74, 6) is 1.50. The molecule has 1 amide bonds. The van der Waals surface area contributed by atoms with Gasteiger partial charge >= 0.3 is 0 Å². The van der Waals surface area contributed by atoms with Gasteiger partial charge in [-0.25, -0.2) is 0 Å². The van der Waals surface area contributed by atoms with Gasteiger partial charge in [0.05, 0.1) is 6.04 Å². The second-order valence-corrected chi connectivity index (χ2v) is 8.71. The average molecular weight is 384 g/mol. The second kappa shape index (κ2) is 10.2. The van der Waals surface area contributed by atoms with Gasteiger partial charge in [-0.2, -0.15) is 0 Å². The highest BCUT2D eigenvalue weighted by Crippen LogP contribution is 2.29. The first-order chi connectivity index (χ1) is 13.5. The number of amides is 1. The lowest BCUT2D eigenvalue weighted by atomic mass is 9.78. The van der Waals surface area contributed by atoms with Crippen molar-refractivity contribution in [1.82, 2.24) is 15.1 Å². The van der Waals surface area contributed by atoms with Crippen LogP contribution in [-0.4, -0.2) is 60.5 Å². The Hall–Kier alpha value is -1.65. The number of carbonyl (C=O) groups is 1. The number of benzene rings is 1. The maximum absolute atomic E-state index is 12.8. The molecule has 154 valence electrons. The summed E-state index contributed by atoms with van der Waals surface area (Å²) in [7, 11) is 0. The highest BCUT2D eigenvalue weighted by molar-refractivity contribution is 5.81. The molecule has 1 saturated heterocycles. The van der Waals surface area contributed by atoms with Gasteiger partial charge < -0.3 is 5.32 Å². The van der Waals surface area contributed by atoms with Crippen molar-refractivity contribution in [2.45, 2.75) is 52.1 Å². The topological polar surface area (TPSA) is 35.6 Å². The van der Waals surface area contributed by atoms with E-state index in [1.165, 1.54) is 18.4 Å². The van der Waals surface area contributed by atoms with E-state index in [0.717, 1.165) is 39.1 Å². The van der Waals surface area contributed by atoms with Gasteiger partial charge in [-0.15, -0.1) is 0 Å². The van der Waals surface area contributed by atoms with Crippen molar-refractivity contribution >= 4 is 12.0 Å². The fraction of sp³-hybridized carbons (Fsp3) is 0.625. The molecule has 4 nitrogen and oxygen atoms in total. The molecule has 1 saturated carbocycles. The Balaban J connectivity index is 1.41. The van der Waals surface area contributed by atoms with Gasteiger partial charge in [0.2, 0.25) is 5.91 Å². The summed E-state index contributed by atoms with van der Waals surface area (Å²) in [6.45, 7) is 11.6. The SMILES string of the molecule is C[C@@H]1[C@H](C)CCC[C@H]1NC(=O)[C@@H](C)N1CCN(C/C=C/c2ccccc2)CC1. The van der Waals surface area contributed by atoms with Crippen LogP contribution in [0.15, 0.2) is 36.4 Å². The lowest BCUT2D eigenvalue weighted by molar-refractivity contribution is -0.128. The van der Waals surface area contributed by atoms with Crippen LogP contribution >= 0.6 is 0 Å².